The number of nitrogens with two attached hydrogens (primary N) is 2. The maximum absolute atomic E-state index is 11.2. The van der Waals surface area contributed by atoms with Gasteiger partial charge in [-0.25, -0.2) is 4.79 Å². The van der Waals surface area contributed by atoms with Gasteiger partial charge in [-0.15, -0.1) is 10.2 Å². The summed E-state index contributed by atoms with van der Waals surface area (Å²) in [6, 6.07) is 7.43. The fourth-order valence-corrected chi connectivity index (χ4v) is 2.21. The van der Waals surface area contributed by atoms with Crippen molar-refractivity contribution in [1.82, 2.24) is 0 Å². The summed E-state index contributed by atoms with van der Waals surface area (Å²) in [6.07, 6.45) is 0. The maximum atomic E-state index is 11.2. The number of anilines is 2. The Morgan fingerprint density at radius 2 is 1.61 bits per heavy atom. The third-order valence-electron chi connectivity index (χ3n) is 2.81. The summed E-state index contributed by atoms with van der Waals surface area (Å²) in [5, 5.41) is 16.7. The van der Waals surface area contributed by atoms with Gasteiger partial charge in [-0.1, -0.05) is 0 Å². The van der Waals surface area contributed by atoms with Gasteiger partial charge in [-0.3, -0.25) is 4.55 Å². The van der Waals surface area contributed by atoms with Crippen LogP contribution in [0.2, 0.25) is 0 Å². The Labute approximate surface area is 131 Å². The van der Waals surface area contributed by atoms with Crippen molar-refractivity contribution < 1.29 is 22.9 Å². The minimum atomic E-state index is -4.52. The van der Waals surface area contributed by atoms with E-state index in [1.807, 2.05) is 0 Å². The predicted molar refractivity (Wildman–Crippen MR) is 82.7 cm³/mol. The Balaban J connectivity index is 2.47. The number of benzene rings is 2. The summed E-state index contributed by atoms with van der Waals surface area (Å²) < 4.78 is 31.1. The van der Waals surface area contributed by atoms with Gasteiger partial charge in [0.05, 0.1) is 16.1 Å². The second kappa shape index (κ2) is 6.02. The lowest BCUT2D eigenvalue weighted by atomic mass is 10.2. The Kier molecular flexibility index (Phi) is 4.29. The van der Waals surface area contributed by atoms with E-state index in [0.29, 0.717) is 5.69 Å². The van der Waals surface area contributed by atoms with Crippen molar-refractivity contribution in [2.24, 2.45) is 10.2 Å². The molecule has 0 bridgehead atoms. The molecule has 0 heterocycles. The molecule has 2 aromatic rings. The van der Waals surface area contributed by atoms with E-state index >= 15 is 0 Å². The molecule has 10 heteroatoms. The van der Waals surface area contributed by atoms with Crippen LogP contribution in [0.4, 0.5) is 22.7 Å². The van der Waals surface area contributed by atoms with Gasteiger partial charge in [0.15, 0.2) is 0 Å². The Bertz CT molecular complexity index is 909. The van der Waals surface area contributed by atoms with Crippen LogP contribution in [-0.4, -0.2) is 24.0 Å². The molecule has 0 aliphatic carbocycles. The fraction of sp³-hybridized carbons (Fsp3) is 0. The van der Waals surface area contributed by atoms with Gasteiger partial charge >= 0.3 is 5.97 Å². The molecule has 0 aliphatic heterocycles. The highest BCUT2D eigenvalue weighted by molar-refractivity contribution is 7.85. The smallest absolute Gasteiger partial charge is 0.338 e. The highest BCUT2D eigenvalue weighted by Crippen LogP contribution is 2.29. The SMILES string of the molecule is Nc1ccc(N=Nc2ccc(S(=O)(=O)O)cc2C(=O)O)c(N)c1. The third-order valence-corrected chi connectivity index (χ3v) is 3.66. The standard InChI is InChI=1S/C13H12N4O5S/c14-7-1-3-12(10(15)5-7)17-16-11-4-2-8(23(20,21)22)6-9(11)13(18)19/h1-6H,14-15H2,(H,18,19)(H,20,21,22). The second-order valence-electron chi connectivity index (χ2n) is 4.48. The van der Waals surface area contributed by atoms with E-state index in [-0.39, 0.29) is 17.1 Å². The number of hydrogen-bond acceptors (Lipinski definition) is 7. The van der Waals surface area contributed by atoms with Crippen LogP contribution in [0.15, 0.2) is 51.5 Å². The average molecular weight is 336 g/mol. The van der Waals surface area contributed by atoms with Gasteiger partial charge in [0.1, 0.15) is 11.4 Å². The normalized spacial score (nSPS) is 11.7. The van der Waals surface area contributed by atoms with Gasteiger partial charge in [0.2, 0.25) is 0 Å². The van der Waals surface area contributed by atoms with Crippen LogP contribution in [0.25, 0.3) is 0 Å². The topological polar surface area (TPSA) is 168 Å². The molecule has 0 atom stereocenters. The van der Waals surface area contributed by atoms with E-state index < -0.39 is 26.5 Å². The van der Waals surface area contributed by atoms with E-state index in [4.69, 9.17) is 21.1 Å². The minimum absolute atomic E-state index is 0.0962. The number of carbonyl (C=O) groups is 1. The molecule has 0 saturated heterocycles. The highest BCUT2D eigenvalue weighted by atomic mass is 32.2. The molecule has 0 aromatic heterocycles. The van der Waals surface area contributed by atoms with Crippen molar-refractivity contribution in [3.05, 3.63) is 42.0 Å². The third kappa shape index (κ3) is 3.81. The predicted octanol–water partition coefficient (Wildman–Crippen LogP) is 2.21. The molecular formula is C13H12N4O5S. The van der Waals surface area contributed by atoms with Gasteiger partial charge in [-0.2, -0.15) is 8.42 Å². The first kappa shape index (κ1) is 16.4. The van der Waals surface area contributed by atoms with Gasteiger partial charge in [-0.05, 0) is 36.4 Å². The minimum Gasteiger partial charge on any atom is -0.478 e. The zero-order valence-corrected chi connectivity index (χ0v) is 12.4. The van der Waals surface area contributed by atoms with Crippen molar-refractivity contribution in [1.29, 1.82) is 0 Å². The molecule has 120 valence electrons. The van der Waals surface area contributed by atoms with E-state index in [1.165, 1.54) is 12.1 Å². The summed E-state index contributed by atoms with van der Waals surface area (Å²) in [6.45, 7) is 0. The Morgan fingerprint density at radius 1 is 1.00 bits per heavy atom. The van der Waals surface area contributed by atoms with E-state index in [9.17, 15) is 13.2 Å². The maximum Gasteiger partial charge on any atom is 0.338 e. The first-order valence-electron chi connectivity index (χ1n) is 6.10. The van der Waals surface area contributed by atoms with Crippen molar-refractivity contribution in [2.75, 3.05) is 11.5 Å². The molecule has 2 aromatic carbocycles. The first-order valence-corrected chi connectivity index (χ1v) is 7.54. The summed E-state index contributed by atoms with van der Waals surface area (Å²) in [5.41, 5.74) is 11.7. The highest BCUT2D eigenvalue weighted by Gasteiger charge is 2.17. The van der Waals surface area contributed by atoms with Crippen LogP contribution >= 0.6 is 0 Å². The molecule has 0 radical (unpaired) electrons. The molecule has 0 fully saturated rings. The number of nitrogens with zero attached hydrogens (tertiary/aromatic N) is 2. The molecule has 23 heavy (non-hydrogen) atoms. The lowest BCUT2D eigenvalue weighted by Crippen LogP contribution is -2.02. The zero-order valence-electron chi connectivity index (χ0n) is 11.5. The molecule has 9 nitrogen and oxygen atoms in total. The van der Waals surface area contributed by atoms with Crippen LogP contribution in [0.3, 0.4) is 0 Å². The number of rotatable bonds is 4. The zero-order chi connectivity index (χ0) is 17.2. The van der Waals surface area contributed by atoms with Gasteiger partial charge in [0, 0.05) is 5.69 Å². The van der Waals surface area contributed by atoms with Crippen molar-refractivity contribution in [3.8, 4) is 0 Å². The van der Waals surface area contributed by atoms with Crippen LogP contribution in [0.1, 0.15) is 10.4 Å². The van der Waals surface area contributed by atoms with E-state index in [2.05, 4.69) is 10.2 Å². The van der Waals surface area contributed by atoms with E-state index in [0.717, 1.165) is 18.2 Å². The quantitative estimate of drug-likeness (QED) is 0.377. The van der Waals surface area contributed by atoms with Crippen molar-refractivity contribution in [3.63, 3.8) is 0 Å². The Hall–Kier alpha value is -2.98. The van der Waals surface area contributed by atoms with Crippen molar-refractivity contribution >= 4 is 38.8 Å². The lowest BCUT2D eigenvalue weighted by Gasteiger charge is -2.04. The fourth-order valence-electron chi connectivity index (χ4n) is 1.71. The average Bonchev–Trinajstić information content (AvgIpc) is 2.45. The molecule has 0 unspecified atom stereocenters. The molecule has 0 amide bonds. The molecular weight excluding hydrogens is 324 g/mol. The van der Waals surface area contributed by atoms with Gasteiger partial charge in [0.25, 0.3) is 10.1 Å². The lowest BCUT2D eigenvalue weighted by molar-refractivity contribution is 0.0697. The summed E-state index contributed by atoms with van der Waals surface area (Å²) in [5.74, 6) is -1.42. The second-order valence-corrected chi connectivity index (χ2v) is 5.90. The van der Waals surface area contributed by atoms with Crippen LogP contribution in [-0.2, 0) is 10.1 Å². The number of nitrogen functional groups attached to an aromatic ring is 2. The Morgan fingerprint density at radius 3 is 2.17 bits per heavy atom. The summed E-state index contributed by atoms with van der Waals surface area (Å²) >= 11 is 0. The summed E-state index contributed by atoms with van der Waals surface area (Å²) in [7, 11) is -4.52. The first-order chi connectivity index (χ1) is 10.7. The largest absolute Gasteiger partial charge is 0.478 e. The number of azo groups is 1. The monoisotopic (exact) mass is 336 g/mol. The van der Waals surface area contributed by atoms with Crippen LogP contribution in [0, 0.1) is 0 Å². The molecule has 0 spiro atoms. The molecule has 0 saturated carbocycles. The van der Waals surface area contributed by atoms with Gasteiger partial charge < -0.3 is 16.6 Å². The number of hydrogen-bond donors (Lipinski definition) is 4. The van der Waals surface area contributed by atoms with E-state index in [1.54, 1.807) is 6.07 Å². The van der Waals surface area contributed by atoms with Crippen molar-refractivity contribution in [2.45, 2.75) is 4.90 Å². The summed E-state index contributed by atoms with van der Waals surface area (Å²) in [4.78, 5) is 10.6. The molecule has 0 aliphatic rings. The van der Waals surface area contributed by atoms with Crippen LogP contribution < -0.4 is 11.5 Å². The number of carboxylic acid groups (broad SMARTS) is 1. The molecule has 6 N–H and O–H groups in total. The van der Waals surface area contributed by atoms with Crippen LogP contribution in [0.5, 0.6) is 0 Å². The molecule has 2 rings (SSSR count). The number of aromatic carboxylic acids is 1. The number of carboxylic acids is 1.